The average molecular weight is 454 g/mol. The normalized spacial score (nSPS) is 47.3. The fraction of sp³-hybridized carbons (Fsp3) is 0.810. The molecule has 0 heterocycles. The van der Waals surface area contributed by atoms with Crippen molar-refractivity contribution in [3.63, 3.8) is 0 Å². The van der Waals surface area contributed by atoms with Gasteiger partial charge in [-0.2, -0.15) is 5.48 Å². The van der Waals surface area contributed by atoms with Crippen LogP contribution in [0.25, 0.3) is 0 Å². The van der Waals surface area contributed by atoms with Gasteiger partial charge in [0.05, 0.1) is 25.2 Å². The molecule has 7 N–H and O–H groups in total. The summed E-state index contributed by atoms with van der Waals surface area (Å²) in [5, 5.41) is 42.5. The number of amides is 1. The number of fused-ring (bicyclic) bond motifs is 3. The first-order valence-electron chi connectivity index (χ1n) is 11.0. The molecule has 0 aromatic heterocycles. The molecular weight excluding hydrogens is 424 g/mol. The summed E-state index contributed by atoms with van der Waals surface area (Å²) < 4.78 is 0. The minimum Gasteiger partial charge on any atom is -0.392 e. The van der Waals surface area contributed by atoms with Gasteiger partial charge in [-0.25, -0.2) is 0 Å². The van der Waals surface area contributed by atoms with E-state index in [2.05, 4.69) is 5.48 Å². The van der Waals surface area contributed by atoms with Crippen LogP contribution >= 0.6 is 0 Å². The van der Waals surface area contributed by atoms with Crippen LogP contribution in [0.4, 0.5) is 0 Å². The molecule has 8 unspecified atom stereocenters. The molecule has 4 aliphatic rings. The Kier molecular flexibility index (Phi) is 6.02. The largest absolute Gasteiger partial charge is 0.392 e. The summed E-state index contributed by atoms with van der Waals surface area (Å²) in [6.07, 6.45) is -2.54. The SMILES string of the molecule is CONC(O)C1CCC(O)C2C(=O)C3C(=O)[C@]4(O)C(=O)C(C(N)=O)C(O)C[C@@H]4C[C@@H]3CC12. The Hall–Kier alpha value is -1.76. The van der Waals surface area contributed by atoms with Crippen molar-refractivity contribution in [2.45, 2.75) is 56.1 Å². The van der Waals surface area contributed by atoms with Crippen LogP contribution in [0.15, 0.2) is 0 Å². The van der Waals surface area contributed by atoms with E-state index in [1.807, 2.05) is 0 Å². The van der Waals surface area contributed by atoms with Crippen molar-refractivity contribution in [3.05, 3.63) is 0 Å². The van der Waals surface area contributed by atoms with Crippen molar-refractivity contribution in [1.29, 1.82) is 0 Å². The van der Waals surface area contributed by atoms with E-state index in [4.69, 9.17) is 10.6 Å². The standard InChI is InChI=1S/C21H30N2O9/c1-32-23-20(30)9-2-3-11(24)14-10(9)5-7-4-8-6-12(25)15(19(22)29)18(28)21(8,31)17(27)13(7)16(14)26/h7-15,20,23-25,30-31H,2-6H2,1H3,(H2,22,29)/t7-,8+,9?,10?,11?,12?,13?,14?,15?,20?,21+/m1/s1. The van der Waals surface area contributed by atoms with Gasteiger partial charge < -0.3 is 31.0 Å². The Balaban J connectivity index is 1.68. The van der Waals surface area contributed by atoms with Crippen LogP contribution in [0, 0.1) is 41.4 Å². The van der Waals surface area contributed by atoms with Crippen LogP contribution in [-0.4, -0.2) is 74.8 Å². The van der Waals surface area contributed by atoms with Crippen molar-refractivity contribution in [2.24, 2.45) is 47.2 Å². The highest BCUT2D eigenvalue weighted by molar-refractivity contribution is 6.23. The van der Waals surface area contributed by atoms with Crippen LogP contribution in [0.1, 0.15) is 32.1 Å². The summed E-state index contributed by atoms with van der Waals surface area (Å²) in [7, 11) is 1.35. The van der Waals surface area contributed by atoms with Crippen LogP contribution in [0.2, 0.25) is 0 Å². The second kappa shape index (κ2) is 8.23. The van der Waals surface area contributed by atoms with E-state index in [9.17, 15) is 39.6 Å². The minimum absolute atomic E-state index is 0.118. The molecule has 0 saturated heterocycles. The summed E-state index contributed by atoms with van der Waals surface area (Å²) in [4.78, 5) is 56.3. The Morgan fingerprint density at radius 1 is 1.12 bits per heavy atom. The quantitative estimate of drug-likeness (QED) is 0.149. The van der Waals surface area contributed by atoms with Crippen molar-refractivity contribution >= 4 is 23.3 Å². The number of aliphatic hydroxyl groups excluding tert-OH is 3. The maximum atomic E-state index is 13.5. The van der Waals surface area contributed by atoms with E-state index in [1.54, 1.807) is 0 Å². The number of rotatable bonds is 4. The van der Waals surface area contributed by atoms with Crippen LogP contribution in [0.5, 0.6) is 0 Å². The van der Waals surface area contributed by atoms with Crippen LogP contribution in [-0.2, 0) is 24.0 Å². The number of hydrogen-bond acceptors (Lipinski definition) is 10. The van der Waals surface area contributed by atoms with Gasteiger partial charge >= 0.3 is 0 Å². The summed E-state index contributed by atoms with van der Waals surface area (Å²) >= 11 is 0. The van der Waals surface area contributed by atoms with Crippen LogP contribution in [0.3, 0.4) is 0 Å². The number of ketones is 3. The molecule has 11 atom stereocenters. The minimum atomic E-state index is -2.57. The van der Waals surface area contributed by atoms with Gasteiger partial charge in [0.25, 0.3) is 0 Å². The van der Waals surface area contributed by atoms with Gasteiger partial charge in [0.2, 0.25) is 5.91 Å². The van der Waals surface area contributed by atoms with Gasteiger partial charge in [0.1, 0.15) is 17.9 Å². The lowest BCUT2D eigenvalue weighted by atomic mass is 9.49. The Morgan fingerprint density at radius 3 is 2.44 bits per heavy atom. The molecule has 4 rings (SSSR count). The van der Waals surface area contributed by atoms with E-state index < -0.39 is 88.7 Å². The third-order valence-electron chi connectivity index (χ3n) is 8.26. The van der Waals surface area contributed by atoms with Crippen molar-refractivity contribution in [2.75, 3.05) is 7.11 Å². The fourth-order valence-corrected chi connectivity index (χ4v) is 6.85. The lowest BCUT2D eigenvalue weighted by Gasteiger charge is -2.54. The second-order valence-electron chi connectivity index (χ2n) is 9.75. The number of nitrogens with two attached hydrogens (primary N) is 1. The highest BCUT2D eigenvalue weighted by atomic mass is 16.7. The van der Waals surface area contributed by atoms with Crippen LogP contribution < -0.4 is 11.2 Å². The van der Waals surface area contributed by atoms with E-state index in [0.29, 0.717) is 12.8 Å². The van der Waals surface area contributed by atoms with E-state index in [1.165, 1.54) is 7.11 Å². The molecule has 11 nitrogen and oxygen atoms in total. The summed E-state index contributed by atoms with van der Waals surface area (Å²) in [5.41, 5.74) is 5.13. The Bertz CT molecular complexity index is 834. The predicted molar refractivity (Wildman–Crippen MR) is 105 cm³/mol. The molecule has 0 spiro atoms. The van der Waals surface area contributed by atoms with Gasteiger partial charge in [0.15, 0.2) is 17.2 Å². The predicted octanol–water partition coefficient (Wildman–Crippen LogP) is -2.58. The van der Waals surface area contributed by atoms with Gasteiger partial charge in [-0.15, -0.1) is 0 Å². The second-order valence-corrected chi connectivity index (χ2v) is 9.75. The molecule has 4 saturated carbocycles. The van der Waals surface area contributed by atoms with Gasteiger partial charge in [-0.1, -0.05) is 0 Å². The smallest absolute Gasteiger partial charge is 0.230 e. The molecule has 1 amide bonds. The fourth-order valence-electron chi connectivity index (χ4n) is 6.85. The number of aliphatic hydroxyl groups is 4. The van der Waals surface area contributed by atoms with E-state index in [0.717, 1.165) is 0 Å². The summed E-state index contributed by atoms with van der Waals surface area (Å²) in [6.45, 7) is 0. The molecule has 4 aliphatic carbocycles. The maximum Gasteiger partial charge on any atom is 0.230 e. The number of carbonyl (C=O) groups is 4. The average Bonchev–Trinajstić information content (AvgIpc) is 2.70. The zero-order chi connectivity index (χ0) is 23.5. The number of nitrogens with one attached hydrogen (secondary N) is 1. The number of carbonyl (C=O) groups excluding carboxylic acids is 4. The molecular formula is C21H30N2O9. The van der Waals surface area contributed by atoms with Crippen molar-refractivity contribution in [1.82, 2.24) is 5.48 Å². The first-order chi connectivity index (χ1) is 15.0. The Morgan fingerprint density at radius 2 is 1.81 bits per heavy atom. The molecule has 32 heavy (non-hydrogen) atoms. The molecule has 4 fully saturated rings. The number of Topliss-reactive ketones (excluding diaryl/α,β-unsaturated/α-hetero) is 3. The van der Waals surface area contributed by atoms with Gasteiger partial charge in [-0.3, -0.25) is 19.2 Å². The van der Waals surface area contributed by atoms with Crippen molar-refractivity contribution in [3.8, 4) is 0 Å². The number of hydrogen-bond donors (Lipinski definition) is 6. The molecule has 11 heteroatoms. The lowest BCUT2D eigenvalue weighted by Crippen LogP contribution is -2.70. The first kappa shape index (κ1) is 23.4. The monoisotopic (exact) mass is 454 g/mol. The zero-order valence-electron chi connectivity index (χ0n) is 17.7. The summed E-state index contributed by atoms with van der Waals surface area (Å²) in [6, 6.07) is 0. The van der Waals surface area contributed by atoms with Crippen molar-refractivity contribution < 1.29 is 44.4 Å². The highest BCUT2D eigenvalue weighted by Gasteiger charge is 2.67. The van der Waals surface area contributed by atoms with Gasteiger partial charge in [-0.05, 0) is 43.9 Å². The maximum absolute atomic E-state index is 13.5. The lowest BCUT2D eigenvalue weighted by molar-refractivity contribution is -0.190. The number of primary amides is 1. The van der Waals surface area contributed by atoms with E-state index in [-0.39, 0.29) is 19.3 Å². The first-order valence-corrected chi connectivity index (χ1v) is 11.0. The van der Waals surface area contributed by atoms with Gasteiger partial charge in [0, 0.05) is 17.8 Å². The number of hydroxylamine groups is 1. The Labute approximate surface area is 184 Å². The summed E-state index contributed by atoms with van der Waals surface area (Å²) in [5.74, 6) is -10.1. The topological polar surface area (TPSA) is 196 Å². The third-order valence-corrected chi connectivity index (χ3v) is 8.26. The molecule has 0 aliphatic heterocycles. The van der Waals surface area contributed by atoms with E-state index >= 15 is 0 Å². The highest BCUT2D eigenvalue weighted by Crippen LogP contribution is 2.54. The molecule has 178 valence electrons. The zero-order valence-corrected chi connectivity index (χ0v) is 17.7. The third kappa shape index (κ3) is 3.25. The molecule has 0 aromatic carbocycles. The molecule has 0 radical (unpaired) electrons. The molecule has 0 aromatic rings. The molecule has 0 bridgehead atoms.